The van der Waals surface area contributed by atoms with E-state index >= 15 is 0 Å². The molecule has 0 aliphatic heterocycles. The molecule has 17 heavy (non-hydrogen) atoms. The number of nitrogens with zero attached hydrogens (tertiary/aromatic N) is 1. The summed E-state index contributed by atoms with van der Waals surface area (Å²) in [4.78, 5) is 5.60. The largest absolute Gasteiger partial charge is 0.313 e. The van der Waals surface area contributed by atoms with Crippen LogP contribution in [-0.2, 0) is 12.3 Å². The highest BCUT2D eigenvalue weighted by molar-refractivity contribution is 7.98. The number of hydrogen-bond acceptors (Lipinski definition) is 4. The molecule has 90 valence electrons. The minimum Gasteiger partial charge on any atom is -0.313 e. The van der Waals surface area contributed by atoms with Crippen LogP contribution in [0, 0.1) is 0 Å². The number of aromatic nitrogens is 1. The zero-order valence-electron chi connectivity index (χ0n) is 9.85. The fraction of sp³-hybridized carbons (Fsp3) is 0.308. The van der Waals surface area contributed by atoms with Crippen LogP contribution in [0.2, 0.25) is 0 Å². The van der Waals surface area contributed by atoms with Gasteiger partial charge in [0.05, 0.1) is 5.75 Å². The lowest BCUT2D eigenvalue weighted by molar-refractivity contribution is 0.725. The molecule has 0 unspecified atom stereocenters. The van der Waals surface area contributed by atoms with Crippen LogP contribution in [-0.4, -0.2) is 11.5 Å². The van der Waals surface area contributed by atoms with Crippen LogP contribution in [0.3, 0.4) is 0 Å². The fourth-order valence-corrected chi connectivity index (χ4v) is 3.11. The molecule has 0 spiro atoms. The summed E-state index contributed by atoms with van der Waals surface area (Å²) in [6.07, 6.45) is 1.86. The predicted octanol–water partition coefficient (Wildman–Crippen LogP) is 3.54. The van der Waals surface area contributed by atoms with Crippen molar-refractivity contribution in [1.82, 2.24) is 10.3 Å². The molecule has 0 aliphatic carbocycles. The quantitative estimate of drug-likeness (QED) is 0.808. The lowest BCUT2D eigenvalue weighted by Gasteiger charge is -2.04. The minimum absolute atomic E-state index is 0.947. The monoisotopic (exact) mass is 264 g/mol. The third-order valence-corrected chi connectivity index (χ3v) is 4.29. The van der Waals surface area contributed by atoms with Crippen molar-refractivity contribution in [3.05, 3.63) is 46.4 Å². The minimum atomic E-state index is 0.947. The normalized spacial score (nSPS) is 10.6. The van der Waals surface area contributed by atoms with E-state index in [1.165, 1.54) is 15.5 Å². The Hall–Kier alpha value is -0.840. The van der Waals surface area contributed by atoms with Gasteiger partial charge in [0.15, 0.2) is 0 Å². The van der Waals surface area contributed by atoms with Crippen molar-refractivity contribution in [2.75, 3.05) is 6.54 Å². The van der Waals surface area contributed by atoms with Gasteiger partial charge in [0.2, 0.25) is 0 Å². The molecule has 1 aromatic heterocycles. The predicted molar refractivity (Wildman–Crippen MR) is 75.5 cm³/mol. The van der Waals surface area contributed by atoms with E-state index in [1.807, 2.05) is 23.3 Å². The van der Waals surface area contributed by atoms with E-state index in [0.29, 0.717) is 0 Å². The van der Waals surface area contributed by atoms with E-state index in [0.717, 1.165) is 18.8 Å². The highest BCUT2D eigenvalue weighted by Gasteiger charge is 1.99. The third kappa shape index (κ3) is 4.15. The van der Waals surface area contributed by atoms with Gasteiger partial charge in [0.1, 0.15) is 5.01 Å². The molecule has 2 rings (SSSR count). The van der Waals surface area contributed by atoms with Gasteiger partial charge in [-0.1, -0.05) is 19.1 Å². The number of thiazole rings is 1. The van der Waals surface area contributed by atoms with Crippen molar-refractivity contribution < 1.29 is 0 Å². The summed E-state index contributed by atoms with van der Waals surface area (Å²) in [6, 6.07) is 8.70. The molecule has 2 aromatic rings. The van der Waals surface area contributed by atoms with E-state index in [1.54, 1.807) is 11.3 Å². The van der Waals surface area contributed by atoms with E-state index in [4.69, 9.17) is 0 Å². The molecule has 0 radical (unpaired) electrons. The topological polar surface area (TPSA) is 24.9 Å². The maximum absolute atomic E-state index is 4.29. The Morgan fingerprint density at radius 3 is 3.12 bits per heavy atom. The van der Waals surface area contributed by atoms with Crippen molar-refractivity contribution >= 4 is 23.1 Å². The maximum Gasteiger partial charge on any atom is 0.103 e. The lowest BCUT2D eigenvalue weighted by atomic mass is 10.2. The molecule has 0 aliphatic rings. The fourth-order valence-electron chi connectivity index (χ4n) is 1.48. The van der Waals surface area contributed by atoms with Gasteiger partial charge in [0.25, 0.3) is 0 Å². The first-order chi connectivity index (χ1) is 8.38. The van der Waals surface area contributed by atoms with Crippen LogP contribution in [0.5, 0.6) is 0 Å². The van der Waals surface area contributed by atoms with Gasteiger partial charge in [-0.15, -0.1) is 23.1 Å². The van der Waals surface area contributed by atoms with Gasteiger partial charge in [-0.3, -0.25) is 0 Å². The first-order valence-corrected chi connectivity index (χ1v) is 7.56. The van der Waals surface area contributed by atoms with Crippen LogP contribution < -0.4 is 5.32 Å². The summed E-state index contributed by atoms with van der Waals surface area (Å²) in [6.45, 7) is 4.08. The van der Waals surface area contributed by atoms with Crippen LogP contribution in [0.15, 0.2) is 40.7 Å². The van der Waals surface area contributed by atoms with Crippen LogP contribution in [0.1, 0.15) is 17.5 Å². The summed E-state index contributed by atoms with van der Waals surface area (Å²) in [7, 11) is 0. The Bertz CT molecular complexity index is 440. The smallest absolute Gasteiger partial charge is 0.103 e. The number of rotatable bonds is 6. The Labute approximate surface area is 110 Å². The first kappa shape index (κ1) is 12.6. The second kappa shape index (κ2) is 6.79. The van der Waals surface area contributed by atoms with Crippen molar-refractivity contribution in [2.45, 2.75) is 24.1 Å². The number of hydrogen-bond donors (Lipinski definition) is 1. The van der Waals surface area contributed by atoms with Crippen LogP contribution >= 0.6 is 23.1 Å². The molecule has 1 aromatic carbocycles. The van der Waals surface area contributed by atoms with Crippen molar-refractivity contribution in [1.29, 1.82) is 0 Å². The molecule has 0 fully saturated rings. The van der Waals surface area contributed by atoms with Crippen LogP contribution in [0.4, 0.5) is 0 Å². The third-order valence-electron chi connectivity index (χ3n) is 2.32. The van der Waals surface area contributed by atoms with Crippen molar-refractivity contribution in [3.63, 3.8) is 0 Å². The standard InChI is InChI=1S/C13H16N2S2/c1-2-14-9-11-4-3-5-12(8-11)17-10-13-15-6-7-16-13/h3-8,14H,2,9-10H2,1H3. The van der Waals surface area contributed by atoms with Crippen molar-refractivity contribution in [3.8, 4) is 0 Å². The molecule has 0 atom stereocenters. The molecule has 0 saturated carbocycles. The van der Waals surface area contributed by atoms with Crippen LogP contribution in [0.25, 0.3) is 0 Å². The van der Waals surface area contributed by atoms with Crippen molar-refractivity contribution in [2.24, 2.45) is 0 Å². The summed E-state index contributed by atoms with van der Waals surface area (Å²) < 4.78 is 0. The lowest BCUT2D eigenvalue weighted by Crippen LogP contribution is -2.11. The molecule has 0 saturated heterocycles. The Morgan fingerprint density at radius 1 is 1.41 bits per heavy atom. The molecule has 0 bridgehead atoms. The summed E-state index contributed by atoms with van der Waals surface area (Å²) in [5.74, 6) is 0.961. The molecule has 1 N–H and O–H groups in total. The summed E-state index contributed by atoms with van der Waals surface area (Å²) in [5, 5.41) is 6.55. The molecular weight excluding hydrogens is 248 g/mol. The Kier molecular flexibility index (Phi) is 5.04. The second-order valence-corrected chi connectivity index (χ2v) is 5.67. The van der Waals surface area contributed by atoms with E-state index in [2.05, 4.69) is 41.5 Å². The zero-order chi connectivity index (χ0) is 11.9. The van der Waals surface area contributed by atoms with Gasteiger partial charge in [0, 0.05) is 23.0 Å². The number of benzene rings is 1. The Balaban J connectivity index is 1.91. The molecular formula is C13H16N2S2. The molecule has 0 amide bonds. The van der Waals surface area contributed by atoms with Gasteiger partial charge < -0.3 is 5.32 Å². The van der Waals surface area contributed by atoms with Gasteiger partial charge in [-0.25, -0.2) is 4.98 Å². The summed E-state index contributed by atoms with van der Waals surface area (Å²) in [5.41, 5.74) is 1.34. The average molecular weight is 264 g/mol. The van der Waals surface area contributed by atoms with E-state index in [-0.39, 0.29) is 0 Å². The highest BCUT2D eigenvalue weighted by atomic mass is 32.2. The average Bonchev–Trinajstić information content (AvgIpc) is 2.87. The van der Waals surface area contributed by atoms with E-state index < -0.39 is 0 Å². The summed E-state index contributed by atoms with van der Waals surface area (Å²) >= 11 is 3.56. The molecule has 2 nitrogen and oxygen atoms in total. The Morgan fingerprint density at radius 2 is 2.35 bits per heavy atom. The van der Waals surface area contributed by atoms with Gasteiger partial charge in [-0.05, 0) is 24.2 Å². The van der Waals surface area contributed by atoms with Gasteiger partial charge >= 0.3 is 0 Å². The second-order valence-electron chi connectivity index (χ2n) is 3.64. The molecule has 4 heteroatoms. The van der Waals surface area contributed by atoms with E-state index in [9.17, 15) is 0 Å². The maximum atomic E-state index is 4.29. The first-order valence-electron chi connectivity index (χ1n) is 5.69. The highest BCUT2D eigenvalue weighted by Crippen LogP contribution is 2.24. The molecule has 1 heterocycles. The number of nitrogens with one attached hydrogen (secondary N) is 1. The SMILES string of the molecule is CCNCc1cccc(SCc2nccs2)c1. The van der Waals surface area contributed by atoms with Gasteiger partial charge in [-0.2, -0.15) is 0 Å². The zero-order valence-corrected chi connectivity index (χ0v) is 11.5. The number of thioether (sulfide) groups is 1.